The number of benzene rings is 3. The molecule has 5 heteroatoms. The molecule has 0 aliphatic heterocycles. The summed E-state index contributed by atoms with van der Waals surface area (Å²) in [6.07, 6.45) is 2.19. The molecule has 0 amide bonds. The number of ether oxygens (including phenoxy) is 1. The SMILES string of the molecule is CCC(O)=C1C(=O)C[C@H](c2ccccc2)CC1=NCCc1c(C)[nH]c2ccc(OCc3ccccc3)cc12. The van der Waals surface area contributed by atoms with Crippen LogP contribution in [0.3, 0.4) is 0 Å². The molecule has 1 aliphatic carbocycles. The van der Waals surface area contributed by atoms with E-state index in [1.165, 1.54) is 5.56 Å². The van der Waals surface area contributed by atoms with Gasteiger partial charge in [-0.25, -0.2) is 0 Å². The molecule has 5 nitrogen and oxygen atoms in total. The van der Waals surface area contributed by atoms with Crippen LogP contribution in [-0.2, 0) is 17.8 Å². The number of aliphatic hydroxyl groups excluding tert-OH is 1. The lowest BCUT2D eigenvalue weighted by atomic mass is 9.79. The highest BCUT2D eigenvalue weighted by molar-refractivity contribution is 6.24. The van der Waals surface area contributed by atoms with Gasteiger partial charge in [0.15, 0.2) is 5.78 Å². The average Bonchev–Trinajstić information content (AvgIpc) is 3.26. The Balaban J connectivity index is 1.37. The van der Waals surface area contributed by atoms with Crippen molar-refractivity contribution < 1.29 is 14.6 Å². The maximum atomic E-state index is 13.1. The van der Waals surface area contributed by atoms with Crippen molar-refractivity contribution in [2.75, 3.05) is 6.54 Å². The minimum atomic E-state index is -0.0216. The number of hydrogen-bond acceptors (Lipinski definition) is 4. The molecule has 0 unspecified atom stereocenters. The van der Waals surface area contributed by atoms with Gasteiger partial charge in [-0.3, -0.25) is 9.79 Å². The lowest BCUT2D eigenvalue weighted by molar-refractivity contribution is -0.115. The third-order valence-corrected chi connectivity index (χ3v) is 7.34. The number of aromatic nitrogens is 1. The summed E-state index contributed by atoms with van der Waals surface area (Å²) in [5, 5.41) is 11.7. The molecule has 38 heavy (non-hydrogen) atoms. The summed E-state index contributed by atoms with van der Waals surface area (Å²) in [6.45, 7) is 5.00. The molecule has 2 N–H and O–H groups in total. The fraction of sp³-hybridized carbons (Fsp3) is 0.273. The molecular weight excluding hydrogens is 472 g/mol. The van der Waals surface area contributed by atoms with Gasteiger partial charge in [0.2, 0.25) is 0 Å². The first-order chi connectivity index (χ1) is 18.5. The van der Waals surface area contributed by atoms with Crippen LogP contribution in [0.15, 0.2) is 95.2 Å². The van der Waals surface area contributed by atoms with Crippen LogP contribution in [0.25, 0.3) is 10.9 Å². The van der Waals surface area contributed by atoms with E-state index in [1.807, 2.05) is 49.4 Å². The number of aliphatic hydroxyl groups is 1. The number of fused-ring (bicyclic) bond motifs is 1. The lowest BCUT2D eigenvalue weighted by Crippen LogP contribution is -2.27. The first-order valence-electron chi connectivity index (χ1n) is 13.3. The quantitative estimate of drug-likeness (QED) is 0.193. The van der Waals surface area contributed by atoms with E-state index in [1.54, 1.807) is 0 Å². The number of nitrogens with zero attached hydrogens (tertiary/aromatic N) is 1. The zero-order valence-corrected chi connectivity index (χ0v) is 22.0. The fourth-order valence-corrected chi connectivity index (χ4v) is 5.32. The number of nitrogens with one attached hydrogen (secondary N) is 1. The largest absolute Gasteiger partial charge is 0.512 e. The van der Waals surface area contributed by atoms with Gasteiger partial charge in [-0.05, 0) is 60.6 Å². The van der Waals surface area contributed by atoms with Crippen LogP contribution in [-0.4, -0.2) is 28.1 Å². The number of Topliss-reactive ketones (excluding diaryl/α,β-unsaturated/α-hetero) is 1. The number of ketones is 1. The van der Waals surface area contributed by atoms with Gasteiger partial charge in [0, 0.05) is 41.7 Å². The minimum absolute atomic E-state index is 0.0216. The summed E-state index contributed by atoms with van der Waals surface area (Å²) < 4.78 is 6.07. The van der Waals surface area contributed by atoms with Gasteiger partial charge >= 0.3 is 0 Å². The monoisotopic (exact) mass is 506 g/mol. The smallest absolute Gasteiger partial charge is 0.168 e. The number of aromatic amines is 1. The molecule has 3 aromatic carbocycles. The van der Waals surface area contributed by atoms with Crippen LogP contribution in [0.2, 0.25) is 0 Å². The van der Waals surface area contributed by atoms with Crippen molar-refractivity contribution in [2.24, 2.45) is 4.99 Å². The molecule has 1 aromatic heterocycles. The van der Waals surface area contributed by atoms with Crippen molar-refractivity contribution in [1.29, 1.82) is 0 Å². The Hall–Kier alpha value is -4.12. The van der Waals surface area contributed by atoms with Gasteiger partial charge < -0.3 is 14.8 Å². The predicted molar refractivity (Wildman–Crippen MR) is 153 cm³/mol. The molecule has 4 aromatic rings. The van der Waals surface area contributed by atoms with Crippen LogP contribution in [0, 0.1) is 6.92 Å². The minimum Gasteiger partial charge on any atom is -0.512 e. The first-order valence-corrected chi connectivity index (χ1v) is 13.3. The van der Waals surface area contributed by atoms with E-state index in [9.17, 15) is 9.90 Å². The molecular formula is C33H34N2O3. The standard InChI is InChI=1S/C33H34N2O3/c1-3-31(36)33-30(18-25(19-32(33)37)24-12-8-5-9-13-24)34-17-16-27-22(2)35-29-15-14-26(20-28(27)29)38-21-23-10-6-4-7-11-23/h4-15,20,25,35-36H,3,16-19,21H2,1-2H3/t25-/m1/s1. The van der Waals surface area contributed by atoms with E-state index in [0.29, 0.717) is 38.0 Å². The van der Waals surface area contributed by atoms with Crippen molar-refractivity contribution in [3.05, 3.63) is 113 Å². The third kappa shape index (κ3) is 5.57. The molecule has 1 saturated carbocycles. The second-order valence-corrected chi connectivity index (χ2v) is 9.90. The average molecular weight is 507 g/mol. The van der Waals surface area contributed by atoms with Crippen molar-refractivity contribution in [1.82, 2.24) is 4.98 Å². The highest BCUT2D eigenvalue weighted by atomic mass is 16.5. The molecule has 0 bridgehead atoms. The zero-order valence-electron chi connectivity index (χ0n) is 22.0. The number of aryl methyl sites for hydroxylation is 1. The molecule has 0 radical (unpaired) electrons. The Bertz CT molecular complexity index is 1480. The number of allylic oxidation sites excluding steroid dienone is 2. The molecule has 1 heterocycles. The van der Waals surface area contributed by atoms with E-state index in [4.69, 9.17) is 9.73 Å². The van der Waals surface area contributed by atoms with Gasteiger partial charge in [-0.1, -0.05) is 67.6 Å². The summed E-state index contributed by atoms with van der Waals surface area (Å²) in [7, 11) is 0. The summed E-state index contributed by atoms with van der Waals surface area (Å²) in [6, 6.07) is 26.4. The van der Waals surface area contributed by atoms with E-state index in [2.05, 4.69) is 48.3 Å². The maximum absolute atomic E-state index is 13.1. The van der Waals surface area contributed by atoms with Crippen LogP contribution < -0.4 is 4.74 Å². The third-order valence-electron chi connectivity index (χ3n) is 7.34. The normalized spacial score (nSPS) is 18.2. The number of hydrogen-bond donors (Lipinski definition) is 2. The van der Waals surface area contributed by atoms with Gasteiger partial charge in [-0.2, -0.15) is 0 Å². The Morgan fingerprint density at radius 2 is 1.76 bits per heavy atom. The molecule has 194 valence electrons. The van der Waals surface area contributed by atoms with Gasteiger partial charge in [0.05, 0.1) is 5.57 Å². The summed E-state index contributed by atoms with van der Waals surface area (Å²) in [5.74, 6) is 1.03. The molecule has 1 aliphatic rings. The highest BCUT2D eigenvalue weighted by Gasteiger charge is 2.31. The summed E-state index contributed by atoms with van der Waals surface area (Å²) >= 11 is 0. The van der Waals surface area contributed by atoms with Crippen molar-refractivity contribution in [3.8, 4) is 5.75 Å². The number of aliphatic imine (C=N–C) groups is 1. The predicted octanol–water partition coefficient (Wildman–Crippen LogP) is 7.41. The van der Waals surface area contributed by atoms with E-state index in [0.717, 1.165) is 45.6 Å². The second kappa shape index (κ2) is 11.5. The maximum Gasteiger partial charge on any atom is 0.168 e. The molecule has 1 fully saturated rings. The summed E-state index contributed by atoms with van der Waals surface area (Å²) in [4.78, 5) is 21.5. The van der Waals surface area contributed by atoms with E-state index < -0.39 is 0 Å². The van der Waals surface area contributed by atoms with Crippen LogP contribution in [0.5, 0.6) is 5.75 Å². The Kier molecular flexibility index (Phi) is 7.73. The Labute approximate surface area is 223 Å². The van der Waals surface area contributed by atoms with Gasteiger partial charge in [0.1, 0.15) is 18.1 Å². The van der Waals surface area contributed by atoms with Crippen molar-refractivity contribution in [3.63, 3.8) is 0 Å². The molecule has 1 atom stereocenters. The number of H-pyrrole nitrogens is 1. The Morgan fingerprint density at radius 1 is 1.03 bits per heavy atom. The van der Waals surface area contributed by atoms with Gasteiger partial charge in [-0.15, -0.1) is 0 Å². The lowest BCUT2D eigenvalue weighted by Gasteiger charge is -2.26. The zero-order chi connectivity index (χ0) is 26.5. The molecule has 5 rings (SSSR count). The summed E-state index contributed by atoms with van der Waals surface area (Å²) in [5.41, 5.74) is 6.78. The van der Waals surface area contributed by atoms with Crippen LogP contribution in [0.4, 0.5) is 0 Å². The number of rotatable bonds is 8. The van der Waals surface area contributed by atoms with Crippen LogP contribution in [0.1, 0.15) is 54.5 Å². The second-order valence-electron chi connectivity index (χ2n) is 9.90. The van der Waals surface area contributed by atoms with Crippen molar-refractivity contribution in [2.45, 2.75) is 52.1 Å². The molecule has 0 spiro atoms. The first kappa shape index (κ1) is 25.5. The topological polar surface area (TPSA) is 74.7 Å². The van der Waals surface area contributed by atoms with Gasteiger partial charge in [0.25, 0.3) is 0 Å². The van der Waals surface area contributed by atoms with Crippen LogP contribution >= 0.6 is 0 Å². The fourth-order valence-electron chi connectivity index (χ4n) is 5.32. The Morgan fingerprint density at radius 3 is 2.50 bits per heavy atom. The van der Waals surface area contributed by atoms with E-state index in [-0.39, 0.29) is 17.5 Å². The molecule has 0 saturated heterocycles. The number of carbonyl (C=O) groups is 1. The van der Waals surface area contributed by atoms with Crippen molar-refractivity contribution >= 4 is 22.4 Å². The van der Waals surface area contributed by atoms with E-state index >= 15 is 0 Å². The number of carbonyl (C=O) groups excluding carboxylic acids is 1. The highest BCUT2D eigenvalue weighted by Crippen LogP contribution is 2.34.